The summed E-state index contributed by atoms with van der Waals surface area (Å²) in [4.78, 5) is 12.6. The number of hydrogen-bond donors (Lipinski definition) is 1. The highest BCUT2D eigenvalue weighted by molar-refractivity contribution is 6.02. The Kier molecular flexibility index (Phi) is 5.27. The fraction of sp³-hybridized carbons (Fsp3) is 0.190. The molecule has 0 saturated carbocycles. The molecule has 0 heterocycles. The lowest BCUT2D eigenvalue weighted by Gasteiger charge is -2.14. The molecule has 0 aliphatic heterocycles. The van der Waals surface area contributed by atoms with Gasteiger partial charge in [-0.15, -0.1) is 0 Å². The molecule has 0 aliphatic rings. The number of carbonyl (C=O) groups excluding carboxylic acids is 1. The van der Waals surface area contributed by atoms with Gasteiger partial charge in [0.1, 0.15) is 0 Å². The van der Waals surface area contributed by atoms with Gasteiger partial charge in [0.15, 0.2) is 11.5 Å². The molecule has 0 saturated heterocycles. The molecule has 1 N–H and O–H groups in total. The summed E-state index contributed by atoms with van der Waals surface area (Å²) >= 11 is 0. The van der Waals surface area contributed by atoms with Crippen molar-refractivity contribution in [3.63, 3.8) is 0 Å². The van der Waals surface area contributed by atoms with Gasteiger partial charge >= 0.3 is 0 Å². The minimum absolute atomic E-state index is 0.115. The van der Waals surface area contributed by atoms with Crippen LogP contribution in [0, 0.1) is 0 Å². The van der Waals surface area contributed by atoms with E-state index in [0.29, 0.717) is 17.2 Å². The van der Waals surface area contributed by atoms with E-state index in [4.69, 9.17) is 14.2 Å². The number of amides is 1. The zero-order chi connectivity index (χ0) is 18.5. The maximum atomic E-state index is 12.6. The second kappa shape index (κ2) is 7.78. The van der Waals surface area contributed by atoms with Gasteiger partial charge in [-0.05, 0) is 29.1 Å². The number of anilines is 1. The topological polar surface area (TPSA) is 56.8 Å². The second-order valence-electron chi connectivity index (χ2n) is 5.79. The van der Waals surface area contributed by atoms with Gasteiger partial charge in [-0.2, -0.15) is 0 Å². The van der Waals surface area contributed by atoms with E-state index in [1.54, 1.807) is 33.5 Å². The van der Waals surface area contributed by atoms with Crippen LogP contribution in [0.1, 0.15) is 5.56 Å². The van der Waals surface area contributed by atoms with E-state index in [1.165, 1.54) is 0 Å². The van der Waals surface area contributed by atoms with Crippen molar-refractivity contribution in [2.75, 3.05) is 26.6 Å². The lowest BCUT2D eigenvalue weighted by atomic mass is 10.1. The van der Waals surface area contributed by atoms with Crippen LogP contribution in [-0.4, -0.2) is 27.2 Å². The number of ether oxygens (including phenoxy) is 3. The Hall–Kier alpha value is -3.21. The van der Waals surface area contributed by atoms with Gasteiger partial charge in [0.2, 0.25) is 11.7 Å². The first-order chi connectivity index (χ1) is 12.7. The molecular formula is C21H21NO4. The lowest BCUT2D eigenvalue weighted by molar-refractivity contribution is -0.115. The van der Waals surface area contributed by atoms with E-state index in [-0.39, 0.29) is 12.3 Å². The standard InChI is InChI=1S/C21H21NO4/c1-24-18-11-14(12-19(25-2)21(18)26-3)13-20(23)22-17-10-6-8-15-7-4-5-9-16(15)17/h4-12H,13H2,1-3H3,(H,22,23). The Bertz CT molecular complexity index is 906. The van der Waals surface area contributed by atoms with Gasteiger partial charge in [0.25, 0.3) is 0 Å². The molecule has 26 heavy (non-hydrogen) atoms. The first-order valence-corrected chi connectivity index (χ1v) is 8.22. The van der Waals surface area contributed by atoms with Crippen molar-refractivity contribution in [2.45, 2.75) is 6.42 Å². The average molecular weight is 351 g/mol. The number of nitrogens with one attached hydrogen (secondary N) is 1. The summed E-state index contributed by atoms with van der Waals surface area (Å²) in [7, 11) is 4.65. The molecule has 0 atom stereocenters. The predicted molar refractivity (Wildman–Crippen MR) is 102 cm³/mol. The van der Waals surface area contributed by atoms with Crippen molar-refractivity contribution in [1.29, 1.82) is 0 Å². The molecule has 3 aromatic carbocycles. The fourth-order valence-electron chi connectivity index (χ4n) is 2.95. The van der Waals surface area contributed by atoms with E-state index in [1.807, 2.05) is 42.5 Å². The summed E-state index contributed by atoms with van der Waals surface area (Å²) in [5, 5.41) is 5.07. The minimum Gasteiger partial charge on any atom is -0.493 e. The Morgan fingerprint density at radius 2 is 1.54 bits per heavy atom. The molecule has 0 radical (unpaired) electrons. The van der Waals surface area contributed by atoms with Crippen LogP contribution in [0.2, 0.25) is 0 Å². The van der Waals surface area contributed by atoms with E-state index < -0.39 is 0 Å². The van der Waals surface area contributed by atoms with E-state index in [2.05, 4.69) is 5.32 Å². The summed E-state index contributed by atoms with van der Waals surface area (Å²) in [5.74, 6) is 1.45. The SMILES string of the molecule is COc1cc(CC(=O)Nc2cccc3ccccc23)cc(OC)c1OC. The highest BCUT2D eigenvalue weighted by Crippen LogP contribution is 2.38. The Morgan fingerprint density at radius 1 is 0.885 bits per heavy atom. The summed E-state index contributed by atoms with van der Waals surface area (Å²) < 4.78 is 16.0. The number of rotatable bonds is 6. The van der Waals surface area contributed by atoms with Crippen molar-refractivity contribution >= 4 is 22.4 Å². The first-order valence-electron chi connectivity index (χ1n) is 8.22. The van der Waals surface area contributed by atoms with Crippen LogP contribution in [-0.2, 0) is 11.2 Å². The Balaban J connectivity index is 1.84. The summed E-state index contributed by atoms with van der Waals surface area (Å²) in [6, 6.07) is 17.3. The summed E-state index contributed by atoms with van der Waals surface area (Å²) in [5.41, 5.74) is 1.57. The molecule has 1 amide bonds. The lowest BCUT2D eigenvalue weighted by Crippen LogP contribution is -2.14. The quantitative estimate of drug-likeness (QED) is 0.728. The van der Waals surface area contributed by atoms with E-state index in [0.717, 1.165) is 22.0 Å². The number of hydrogen-bond acceptors (Lipinski definition) is 4. The molecule has 5 nitrogen and oxygen atoms in total. The highest BCUT2D eigenvalue weighted by atomic mass is 16.5. The molecule has 5 heteroatoms. The number of carbonyl (C=O) groups is 1. The number of fused-ring (bicyclic) bond motifs is 1. The smallest absolute Gasteiger partial charge is 0.228 e. The second-order valence-corrected chi connectivity index (χ2v) is 5.79. The van der Waals surface area contributed by atoms with Gasteiger partial charge in [0, 0.05) is 11.1 Å². The molecular weight excluding hydrogens is 330 g/mol. The third kappa shape index (κ3) is 3.57. The maximum absolute atomic E-state index is 12.6. The largest absolute Gasteiger partial charge is 0.493 e. The number of methoxy groups -OCH3 is 3. The van der Waals surface area contributed by atoms with Gasteiger partial charge in [-0.25, -0.2) is 0 Å². The third-order valence-corrected chi connectivity index (χ3v) is 4.15. The van der Waals surface area contributed by atoms with Crippen molar-refractivity contribution in [1.82, 2.24) is 0 Å². The van der Waals surface area contributed by atoms with Crippen LogP contribution in [0.4, 0.5) is 5.69 Å². The Morgan fingerprint density at radius 3 is 2.19 bits per heavy atom. The van der Waals surface area contributed by atoms with Crippen molar-refractivity contribution in [2.24, 2.45) is 0 Å². The van der Waals surface area contributed by atoms with Crippen LogP contribution in [0.15, 0.2) is 54.6 Å². The van der Waals surface area contributed by atoms with Crippen molar-refractivity contribution < 1.29 is 19.0 Å². The van der Waals surface area contributed by atoms with Crippen LogP contribution < -0.4 is 19.5 Å². The summed E-state index contributed by atoms with van der Waals surface area (Å²) in [6.07, 6.45) is 0.194. The molecule has 3 rings (SSSR count). The zero-order valence-corrected chi connectivity index (χ0v) is 15.0. The maximum Gasteiger partial charge on any atom is 0.228 e. The van der Waals surface area contributed by atoms with E-state index >= 15 is 0 Å². The highest BCUT2D eigenvalue weighted by Gasteiger charge is 2.15. The van der Waals surface area contributed by atoms with Crippen molar-refractivity contribution in [3.05, 3.63) is 60.2 Å². The third-order valence-electron chi connectivity index (χ3n) is 4.15. The molecule has 0 fully saturated rings. The van der Waals surface area contributed by atoms with Crippen LogP contribution in [0.25, 0.3) is 10.8 Å². The van der Waals surface area contributed by atoms with Crippen LogP contribution in [0.5, 0.6) is 17.2 Å². The monoisotopic (exact) mass is 351 g/mol. The molecule has 0 aromatic heterocycles. The van der Waals surface area contributed by atoms with Gasteiger partial charge in [-0.3, -0.25) is 4.79 Å². The minimum atomic E-state index is -0.115. The first kappa shape index (κ1) is 17.6. The van der Waals surface area contributed by atoms with Crippen LogP contribution >= 0.6 is 0 Å². The van der Waals surface area contributed by atoms with Gasteiger partial charge in [0.05, 0.1) is 27.8 Å². The predicted octanol–water partition coefficient (Wildman–Crippen LogP) is 4.05. The molecule has 0 spiro atoms. The molecule has 3 aromatic rings. The molecule has 0 bridgehead atoms. The van der Waals surface area contributed by atoms with Gasteiger partial charge < -0.3 is 19.5 Å². The van der Waals surface area contributed by atoms with Gasteiger partial charge in [-0.1, -0.05) is 36.4 Å². The molecule has 134 valence electrons. The number of benzene rings is 3. The molecule has 0 unspecified atom stereocenters. The van der Waals surface area contributed by atoms with Crippen LogP contribution in [0.3, 0.4) is 0 Å². The van der Waals surface area contributed by atoms with E-state index in [9.17, 15) is 4.79 Å². The summed E-state index contributed by atoms with van der Waals surface area (Å²) in [6.45, 7) is 0. The average Bonchev–Trinajstić information content (AvgIpc) is 2.67. The zero-order valence-electron chi connectivity index (χ0n) is 15.0. The Labute approximate surface area is 152 Å². The normalized spacial score (nSPS) is 10.4. The fourth-order valence-corrected chi connectivity index (χ4v) is 2.95. The molecule has 0 aliphatic carbocycles. The van der Waals surface area contributed by atoms with Crippen molar-refractivity contribution in [3.8, 4) is 17.2 Å².